The molecule has 0 aliphatic carbocycles. The molecule has 0 spiro atoms. The molecule has 21 heavy (non-hydrogen) atoms. The van der Waals surface area contributed by atoms with Crippen LogP contribution >= 0.6 is 10.6 Å². The second-order valence-electron chi connectivity index (χ2n) is 5.70. The van der Waals surface area contributed by atoms with Gasteiger partial charge in [0.15, 0.2) is 0 Å². The largest absolute Gasteiger partial charge is 0.289 e. The quantitative estimate of drug-likeness (QED) is 0.681. The first-order chi connectivity index (χ1) is 10.2. The third-order valence-corrected chi connectivity index (χ3v) is 6.00. The number of rotatable bonds is 6. The van der Waals surface area contributed by atoms with Crippen LogP contribution in [0.15, 0.2) is 34.2 Å². The van der Waals surface area contributed by atoms with Gasteiger partial charge in [-0.25, -0.2) is 0 Å². The smallest absolute Gasteiger partial charge is 0.123 e. The maximum Gasteiger partial charge on any atom is 0.123 e. The minimum absolute atomic E-state index is 0.606. The predicted octanol–water partition coefficient (Wildman–Crippen LogP) is 5.50. The lowest BCUT2D eigenvalue weighted by atomic mass is 10.1. The maximum absolute atomic E-state index is 10.7. The van der Waals surface area contributed by atoms with E-state index in [1.807, 2.05) is 24.3 Å². The van der Waals surface area contributed by atoms with Crippen molar-refractivity contribution >= 4 is 15.6 Å². The Balaban J connectivity index is 2.16. The monoisotopic (exact) mass is 309 g/mol. The SMILES string of the molecule is CCCCCCc1ccccc1S(O)(O)C1=NCCCC1. The zero-order valence-corrected chi connectivity index (χ0v) is 13.7. The number of aliphatic imine (C=N–C) groups is 1. The average Bonchev–Trinajstić information content (AvgIpc) is 2.53. The van der Waals surface area contributed by atoms with Crippen molar-refractivity contribution in [2.24, 2.45) is 4.99 Å². The van der Waals surface area contributed by atoms with Gasteiger partial charge in [-0.3, -0.25) is 14.1 Å². The molecule has 0 unspecified atom stereocenters. The molecule has 2 rings (SSSR count). The first-order valence-electron chi connectivity index (χ1n) is 8.05. The van der Waals surface area contributed by atoms with Crippen molar-refractivity contribution in [1.29, 1.82) is 0 Å². The molecule has 3 nitrogen and oxygen atoms in total. The highest BCUT2D eigenvalue weighted by Gasteiger charge is 2.26. The molecular formula is C17H27NO2S. The highest BCUT2D eigenvalue weighted by molar-refractivity contribution is 8.37. The molecule has 1 aliphatic rings. The molecular weight excluding hydrogens is 282 g/mol. The van der Waals surface area contributed by atoms with Gasteiger partial charge in [-0.05, 0) is 37.3 Å². The molecule has 0 saturated heterocycles. The molecule has 0 bridgehead atoms. The standard InChI is InChI=1S/C17H27NO2S/c1-2-3-4-5-10-15-11-6-7-12-16(15)21(19,20)17-13-8-9-14-18-17/h6-7,11-12,19-20H,2-5,8-10,13-14H2,1H3. The second-order valence-corrected chi connectivity index (χ2v) is 7.71. The van der Waals surface area contributed by atoms with E-state index in [9.17, 15) is 9.11 Å². The molecule has 0 radical (unpaired) electrons. The number of unbranched alkanes of at least 4 members (excludes halogenated alkanes) is 3. The van der Waals surface area contributed by atoms with E-state index >= 15 is 0 Å². The minimum Gasteiger partial charge on any atom is -0.289 e. The third kappa shape index (κ3) is 4.31. The van der Waals surface area contributed by atoms with Crippen molar-refractivity contribution in [2.75, 3.05) is 6.54 Å². The summed E-state index contributed by atoms with van der Waals surface area (Å²) in [5, 5.41) is 0.606. The number of nitrogens with zero attached hydrogens (tertiary/aromatic N) is 1. The van der Waals surface area contributed by atoms with Crippen LogP contribution in [0.4, 0.5) is 0 Å². The Morgan fingerprint density at radius 3 is 2.62 bits per heavy atom. The number of benzene rings is 1. The second kappa shape index (κ2) is 7.97. The predicted molar refractivity (Wildman–Crippen MR) is 91.6 cm³/mol. The Kier molecular flexibility index (Phi) is 6.27. The Morgan fingerprint density at radius 1 is 1.10 bits per heavy atom. The summed E-state index contributed by atoms with van der Waals surface area (Å²) in [6, 6.07) is 7.76. The highest BCUT2D eigenvalue weighted by Crippen LogP contribution is 2.53. The summed E-state index contributed by atoms with van der Waals surface area (Å²) in [6.45, 7) is 2.93. The summed E-state index contributed by atoms with van der Waals surface area (Å²) in [7, 11) is -2.89. The van der Waals surface area contributed by atoms with Crippen LogP contribution in [-0.4, -0.2) is 20.7 Å². The lowest BCUT2D eigenvalue weighted by molar-refractivity contribution is 0.499. The van der Waals surface area contributed by atoms with Gasteiger partial charge in [-0.15, -0.1) is 10.6 Å². The molecule has 0 fully saturated rings. The molecule has 0 amide bonds. The first kappa shape index (κ1) is 16.5. The van der Waals surface area contributed by atoms with Crippen LogP contribution in [0, 0.1) is 0 Å². The summed E-state index contributed by atoms with van der Waals surface area (Å²) in [6.07, 6.45) is 8.45. The van der Waals surface area contributed by atoms with Gasteiger partial charge >= 0.3 is 0 Å². The molecule has 0 aromatic heterocycles. The van der Waals surface area contributed by atoms with Gasteiger partial charge in [0.1, 0.15) is 5.04 Å². The van der Waals surface area contributed by atoms with E-state index < -0.39 is 10.6 Å². The van der Waals surface area contributed by atoms with Crippen LogP contribution in [0.1, 0.15) is 57.4 Å². The van der Waals surface area contributed by atoms with Crippen LogP contribution in [0.5, 0.6) is 0 Å². The fraction of sp³-hybridized carbons (Fsp3) is 0.588. The van der Waals surface area contributed by atoms with E-state index in [1.165, 1.54) is 19.3 Å². The molecule has 2 N–H and O–H groups in total. The van der Waals surface area contributed by atoms with E-state index in [-0.39, 0.29) is 0 Å². The van der Waals surface area contributed by atoms with Crippen LogP contribution in [-0.2, 0) is 6.42 Å². The Bertz CT molecular complexity index is 485. The molecule has 0 atom stereocenters. The lowest BCUT2D eigenvalue weighted by Crippen LogP contribution is -2.17. The average molecular weight is 309 g/mol. The molecule has 1 aromatic rings. The van der Waals surface area contributed by atoms with Crippen LogP contribution < -0.4 is 0 Å². The van der Waals surface area contributed by atoms with Crippen LogP contribution in [0.3, 0.4) is 0 Å². The summed E-state index contributed by atoms with van der Waals surface area (Å²) in [4.78, 5) is 5.08. The van der Waals surface area contributed by atoms with Gasteiger partial charge in [0.05, 0.1) is 4.90 Å². The summed E-state index contributed by atoms with van der Waals surface area (Å²) < 4.78 is 21.4. The van der Waals surface area contributed by atoms with Crippen molar-refractivity contribution < 1.29 is 9.11 Å². The zero-order chi connectivity index (χ0) is 15.1. The van der Waals surface area contributed by atoms with E-state index in [0.29, 0.717) is 16.4 Å². The normalized spacial score (nSPS) is 16.6. The fourth-order valence-electron chi connectivity index (χ4n) is 2.76. The van der Waals surface area contributed by atoms with Crippen molar-refractivity contribution in [3.05, 3.63) is 29.8 Å². The molecule has 1 aliphatic heterocycles. The topological polar surface area (TPSA) is 52.8 Å². The van der Waals surface area contributed by atoms with Crippen molar-refractivity contribution in [2.45, 2.75) is 63.2 Å². The molecule has 1 aromatic carbocycles. The molecule has 1 heterocycles. The minimum atomic E-state index is -2.89. The van der Waals surface area contributed by atoms with Crippen molar-refractivity contribution in [3.63, 3.8) is 0 Å². The van der Waals surface area contributed by atoms with Crippen molar-refractivity contribution in [3.8, 4) is 0 Å². The van der Waals surface area contributed by atoms with Gasteiger partial charge < -0.3 is 0 Å². The van der Waals surface area contributed by atoms with E-state index in [2.05, 4.69) is 11.9 Å². The number of hydrogen-bond donors (Lipinski definition) is 2. The van der Waals surface area contributed by atoms with Gasteiger partial charge in [0, 0.05) is 13.0 Å². The van der Waals surface area contributed by atoms with E-state index in [0.717, 1.165) is 37.8 Å². The number of aryl methyl sites for hydroxylation is 1. The Labute approximate surface area is 129 Å². The molecule has 4 heteroatoms. The van der Waals surface area contributed by atoms with Gasteiger partial charge in [0.25, 0.3) is 0 Å². The summed E-state index contributed by atoms with van der Waals surface area (Å²) in [5.74, 6) is 0. The highest BCUT2D eigenvalue weighted by atomic mass is 32.3. The zero-order valence-electron chi connectivity index (χ0n) is 12.9. The van der Waals surface area contributed by atoms with Gasteiger partial charge in [0.2, 0.25) is 0 Å². The van der Waals surface area contributed by atoms with E-state index in [1.54, 1.807) is 0 Å². The maximum atomic E-state index is 10.7. The Morgan fingerprint density at radius 2 is 1.90 bits per heavy atom. The lowest BCUT2D eigenvalue weighted by Gasteiger charge is -2.36. The third-order valence-electron chi connectivity index (χ3n) is 3.99. The van der Waals surface area contributed by atoms with Crippen LogP contribution in [0.2, 0.25) is 0 Å². The molecule has 118 valence electrons. The summed E-state index contributed by atoms with van der Waals surface area (Å²) >= 11 is 0. The van der Waals surface area contributed by atoms with Crippen LogP contribution in [0.25, 0.3) is 0 Å². The van der Waals surface area contributed by atoms with E-state index in [4.69, 9.17) is 0 Å². The first-order valence-corrected chi connectivity index (χ1v) is 9.60. The van der Waals surface area contributed by atoms with Gasteiger partial charge in [-0.2, -0.15) is 0 Å². The van der Waals surface area contributed by atoms with Crippen molar-refractivity contribution in [1.82, 2.24) is 0 Å². The van der Waals surface area contributed by atoms with Gasteiger partial charge in [-0.1, -0.05) is 44.4 Å². The number of hydrogen-bond acceptors (Lipinski definition) is 3. The molecule has 0 saturated carbocycles. The Hall–Kier alpha value is -0.840. The fourth-order valence-corrected chi connectivity index (χ4v) is 4.52. The summed E-state index contributed by atoms with van der Waals surface area (Å²) in [5.41, 5.74) is 1.07.